The van der Waals surface area contributed by atoms with Gasteiger partial charge in [-0.25, -0.2) is 0 Å². The summed E-state index contributed by atoms with van der Waals surface area (Å²) in [7, 11) is 1.70. The normalized spacial score (nSPS) is 9.74. The van der Waals surface area contributed by atoms with Gasteiger partial charge in [0.05, 0.1) is 17.2 Å². The predicted octanol–water partition coefficient (Wildman–Crippen LogP) is 2.54. The minimum absolute atomic E-state index is 0.115. The van der Waals surface area contributed by atoms with Crippen molar-refractivity contribution in [2.45, 2.75) is 6.92 Å². The zero-order valence-corrected chi connectivity index (χ0v) is 10.8. The summed E-state index contributed by atoms with van der Waals surface area (Å²) in [6, 6.07) is 12.4. The number of nitriles is 1. The molecule has 0 fully saturated rings. The third-order valence-electron chi connectivity index (χ3n) is 2.93. The van der Waals surface area contributed by atoms with Crippen LogP contribution in [-0.4, -0.2) is 17.9 Å². The van der Waals surface area contributed by atoms with Gasteiger partial charge in [0.15, 0.2) is 0 Å². The SMILES string of the molecule is Cc1ncccc1C(=O)N(C)c1ccc(C#N)cc1. The van der Waals surface area contributed by atoms with Gasteiger partial charge < -0.3 is 4.90 Å². The molecule has 19 heavy (non-hydrogen) atoms. The van der Waals surface area contributed by atoms with Gasteiger partial charge in [0, 0.05) is 24.6 Å². The highest BCUT2D eigenvalue weighted by Crippen LogP contribution is 2.17. The average molecular weight is 251 g/mol. The molecular weight excluding hydrogens is 238 g/mol. The molecule has 4 nitrogen and oxygen atoms in total. The van der Waals surface area contributed by atoms with Crippen LogP contribution in [0.3, 0.4) is 0 Å². The Balaban J connectivity index is 2.29. The average Bonchev–Trinajstić information content (AvgIpc) is 2.46. The maximum atomic E-state index is 12.3. The third-order valence-corrected chi connectivity index (χ3v) is 2.93. The van der Waals surface area contributed by atoms with E-state index in [0.29, 0.717) is 16.8 Å². The number of nitrogens with zero attached hydrogens (tertiary/aromatic N) is 3. The van der Waals surface area contributed by atoms with E-state index in [4.69, 9.17) is 5.26 Å². The highest BCUT2D eigenvalue weighted by molar-refractivity contribution is 6.06. The summed E-state index contributed by atoms with van der Waals surface area (Å²) >= 11 is 0. The molecular formula is C15H13N3O. The zero-order chi connectivity index (χ0) is 13.8. The summed E-state index contributed by atoms with van der Waals surface area (Å²) < 4.78 is 0. The van der Waals surface area contributed by atoms with E-state index in [-0.39, 0.29) is 5.91 Å². The smallest absolute Gasteiger partial charge is 0.259 e. The fraction of sp³-hybridized carbons (Fsp3) is 0.133. The van der Waals surface area contributed by atoms with Gasteiger partial charge in [-0.05, 0) is 43.3 Å². The third kappa shape index (κ3) is 2.61. The van der Waals surface area contributed by atoms with Crippen LogP contribution in [0.25, 0.3) is 0 Å². The predicted molar refractivity (Wildman–Crippen MR) is 72.9 cm³/mol. The first kappa shape index (κ1) is 12.8. The van der Waals surface area contributed by atoms with Crippen molar-refractivity contribution in [1.82, 2.24) is 4.98 Å². The van der Waals surface area contributed by atoms with Crippen LogP contribution in [0.1, 0.15) is 21.6 Å². The number of hydrogen-bond donors (Lipinski definition) is 0. The zero-order valence-electron chi connectivity index (χ0n) is 10.8. The van der Waals surface area contributed by atoms with Crippen LogP contribution in [0.5, 0.6) is 0 Å². The number of hydrogen-bond acceptors (Lipinski definition) is 3. The first-order valence-electron chi connectivity index (χ1n) is 5.83. The Kier molecular flexibility index (Phi) is 3.58. The summed E-state index contributed by atoms with van der Waals surface area (Å²) in [5.74, 6) is -0.115. The first-order valence-corrected chi connectivity index (χ1v) is 5.83. The molecule has 1 amide bonds. The minimum Gasteiger partial charge on any atom is -0.311 e. The van der Waals surface area contributed by atoms with E-state index in [1.54, 1.807) is 61.5 Å². The second-order valence-corrected chi connectivity index (χ2v) is 4.16. The first-order chi connectivity index (χ1) is 9.13. The van der Waals surface area contributed by atoms with E-state index in [1.807, 2.05) is 6.07 Å². The molecule has 94 valence electrons. The molecule has 1 heterocycles. The lowest BCUT2D eigenvalue weighted by Crippen LogP contribution is -2.27. The molecule has 0 aliphatic heterocycles. The molecule has 0 radical (unpaired) electrons. The monoisotopic (exact) mass is 251 g/mol. The van der Waals surface area contributed by atoms with Crippen LogP contribution >= 0.6 is 0 Å². The molecule has 2 aromatic rings. The van der Waals surface area contributed by atoms with E-state index in [1.165, 1.54) is 0 Å². The van der Waals surface area contributed by atoms with Gasteiger partial charge in [-0.2, -0.15) is 5.26 Å². The number of pyridine rings is 1. The highest BCUT2D eigenvalue weighted by atomic mass is 16.2. The fourth-order valence-electron chi connectivity index (χ4n) is 1.77. The number of carbonyl (C=O) groups is 1. The van der Waals surface area contributed by atoms with Crippen molar-refractivity contribution >= 4 is 11.6 Å². The number of anilines is 1. The number of aryl methyl sites for hydroxylation is 1. The van der Waals surface area contributed by atoms with E-state index in [2.05, 4.69) is 4.98 Å². The number of carbonyl (C=O) groups excluding carboxylic acids is 1. The second kappa shape index (κ2) is 5.32. The van der Waals surface area contributed by atoms with Crippen LogP contribution in [0.15, 0.2) is 42.6 Å². The lowest BCUT2D eigenvalue weighted by Gasteiger charge is -2.18. The summed E-state index contributed by atoms with van der Waals surface area (Å²) in [6.07, 6.45) is 1.66. The van der Waals surface area contributed by atoms with Gasteiger partial charge in [-0.1, -0.05) is 0 Å². The highest BCUT2D eigenvalue weighted by Gasteiger charge is 2.15. The van der Waals surface area contributed by atoms with Gasteiger partial charge in [-0.3, -0.25) is 9.78 Å². The molecule has 1 aromatic carbocycles. The summed E-state index contributed by atoms with van der Waals surface area (Å²) in [4.78, 5) is 18.0. The van der Waals surface area contributed by atoms with Gasteiger partial charge in [0.25, 0.3) is 5.91 Å². The van der Waals surface area contributed by atoms with Crippen LogP contribution in [-0.2, 0) is 0 Å². The van der Waals surface area contributed by atoms with Gasteiger partial charge >= 0.3 is 0 Å². The van der Waals surface area contributed by atoms with E-state index in [0.717, 1.165) is 5.69 Å². The van der Waals surface area contributed by atoms with Crippen molar-refractivity contribution in [3.8, 4) is 6.07 Å². The lowest BCUT2D eigenvalue weighted by molar-refractivity contribution is 0.0992. The number of rotatable bonds is 2. The molecule has 0 unspecified atom stereocenters. The fourth-order valence-corrected chi connectivity index (χ4v) is 1.77. The van der Waals surface area contributed by atoms with Crippen molar-refractivity contribution in [3.05, 3.63) is 59.4 Å². The van der Waals surface area contributed by atoms with Crippen LogP contribution in [0.2, 0.25) is 0 Å². The largest absolute Gasteiger partial charge is 0.311 e. The molecule has 0 spiro atoms. The Hall–Kier alpha value is -2.67. The van der Waals surface area contributed by atoms with Crippen molar-refractivity contribution < 1.29 is 4.79 Å². The van der Waals surface area contributed by atoms with Crippen molar-refractivity contribution in [2.75, 3.05) is 11.9 Å². The van der Waals surface area contributed by atoms with Crippen molar-refractivity contribution in [1.29, 1.82) is 5.26 Å². The number of aromatic nitrogens is 1. The Morgan fingerprint density at radius 1 is 1.26 bits per heavy atom. The van der Waals surface area contributed by atoms with Crippen LogP contribution in [0.4, 0.5) is 5.69 Å². The molecule has 0 N–H and O–H groups in total. The second-order valence-electron chi connectivity index (χ2n) is 4.16. The van der Waals surface area contributed by atoms with Crippen LogP contribution in [0, 0.1) is 18.3 Å². The van der Waals surface area contributed by atoms with Gasteiger partial charge in [-0.15, -0.1) is 0 Å². The molecule has 0 saturated heterocycles. The molecule has 2 rings (SSSR count). The van der Waals surface area contributed by atoms with Gasteiger partial charge in [0.2, 0.25) is 0 Å². The standard InChI is InChI=1S/C15H13N3O/c1-11-14(4-3-9-17-11)15(19)18(2)13-7-5-12(10-16)6-8-13/h3-9H,1-2H3. The van der Waals surface area contributed by atoms with Crippen molar-refractivity contribution in [3.63, 3.8) is 0 Å². The maximum absolute atomic E-state index is 12.3. The summed E-state index contributed by atoms with van der Waals surface area (Å²) in [5.41, 5.74) is 2.59. The topological polar surface area (TPSA) is 57.0 Å². The molecule has 0 saturated carbocycles. The Labute approximate surface area is 111 Å². The minimum atomic E-state index is -0.115. The van der Waals surface area contributed by atoms with Gasteiger partial charge in [0.1, 0.15) is 0 Å². The molecule has 1 aromatic heterocycles. The van der Waals surface area contributed by atoms with Crippen LogP contribution < -0.4 is 4.90 Å². The Bertz CT molecular complexity index is 641. The number of amides is 1. The number of benzene rings is 1. The quantitative estimate of drug-likeness (QED) is 0.824. The van der Waals surface area contributed by atoms with E-state index >= 15 is 0 Å². The summed E-state index contributed by atoms with van der Waals surface area (Å²) in [6.45, 7) is 1.81. The molecule has 0 bridgehead atoms. The Morgan fingerprint density at radius 2 is 1.95 bits per heavy atom. The van der Waals surface area contributed by atoms with E-state index < -0.39 is 0 Å². The van der Waals surface area contributed by atoms with Crippen molar-refractivity contribution in [2.24, 2.45) is 0 Å². The Morgan fingerprint density at radius 3 is 2.53 bits per heavy atom. The summed E-state index contributed by atoms with van der Waals surface area (Å²) in [5, 5.41) is 8.75. The molecule has 4 heteroatoms. The van der Waals surface area contributed by atoms with E-state index in [9.17, 15) is 4.79 Å². The molecule has 0 atom stereocenters. The maximum Gasteiger partial charge on any atom is 0.259 e. The lowest BCUT2D eigenvalue weighted by atomic mass is 10.1. The molecule has 0 aliphatic rings. The molecule has 0 aliphatic carbocycles.